The minimum absolute atomic E-state index is 0.0577. The van der Waals surface area contributed by atoms with Gasteiger partial charge >= 0.3 is 0 Å². The van der Waals surface area contributed by atoms with Gasteiger partial charge in [-0.3, -0.25) is 4.79 Å². The molecule has 0 bridgehead atoms. The second-order valence-electron chi connectivity index (χ2n) is 11.7. The lowest BCUT2D eigenvalue weighted by Gasteiger charge is -2.29. The number of aliphatic hydroxyl groups is 1. The van der Waals surface area contributed by atoms with E-state index in [9.17, 15) is 18.7 Å². The molecule has 3 nitrogen and oxygen atoms in total. The molecule has 0 aliphatic heterocycles. The van der Waals surface area contributed by atoms with Crippen LogP contribution in [0.15, 0.2) is 54.6 Å². The van der Waals surface area contributed by atoms with Gasteiger partial charge < -0.3 is 9.84 Å². The van der Waals surface area contributed by atoms with E-state index in [1.165, 1.54) is 69.1 Å². The number of carbonyl (C=O) groups is 1. The Bertz CT molecular complexity index is 1240. The van der Waals surface area contributed by atoms with Gasteiger partial charge in [-0.25, -0.2) is 8.78 Å². The molecule has 1 unspecified atom stereocenters. The zero-order chi connectivity index (χ0) is 29.2. The summed E-state index contributed by atoms with van der Waals surface area (Å²) in [5, 5.41) is 9.49. The van der Waals surface area contributed by atoms with Crippen LogP contribution in [0, 0.1) is 23.5 Å². The molecule has 1 N–H and O–H groups in total. The second-order valence-corrected chi connectivity index (χ2v) is 11.7. The number of unbranched alkanes of at least 4 members (excludes halogenated alkanes) is 2. The summed E-state index contributed by atoms with van der Waals surface area (Å²) in [5.74, 6) is -0.355. The summed E-state index contributed by atoms with van der Waals surface area (Å²) >= 11 is 0. The van der Waals surface area contributed by atoms with Crippen LogP contribution >= 0.6 is 0 Å². The van der Waals surface area contributed by atoms with E-state index in [1.807, 2.05) is 18.2 Å². The first-order valence-electron chi connectivity index (χ1n) is 15.3. The zero-order valence-corrected chi connectivity index (χ0v) is 24.5. The molecule has 0 amide bonds. The largest absolute Gasteiger partial charge is 0.467 e. The van der Waals surface area contributed by atoms with Gasteiger partial charge in [-0.05, 0) is 95.9 Å². The lowest BCUT2D eigenvalue weighted by atomic mass is 9.77. The number of carbonyl (C=O) groups excluding carboxylic acids is 1. The van der Waals surface area contributed by atoms with Gasteiger partial charge in [0.05, 0.1) is 6.61 Å². The normalized spacial score (nSPS) is 17.8. The molecular formula is C36H44F2O3. The lowest BCUT2D eigenvalue weighted by molar-refractivity contribution is -0.130. The van der Waals surface area contributed by atoms with Crippen molar-refractivity contribution in [3.63, 3.8) is 0 Å². The summed E-state index contributed by atoms with van der Waals surface area (Å²) < 4.78 is 34.7. The molecule has 0 radical (unpaired) electrons. The van der Waals surface area contributed by atoms with Crippen LogP contribution < -0.4 is 0 Å². The van der Waals surface area contributed by atoms with Crippen LogP contribution in [0.3, 0.4) is 0 Å². The van der Waals surface area contributed by atoms with E-state index < -0.39 is 17.6 Å². The average Bonchev–Trinajstić information content (AvgIpc) is 3.00. The monoisotopic (exact) mass is 562 g/mol. The van der Waals surface area contributed by atoms with Gasteiger partial charge in [-0.15, -0.1) is 0 Å². The zero-order valence-electron chi connectivity index (χ0n) is 24.5. The molecule has 0 heterocycles. The molecule has 220 valence electrons. The van der Waals surface area contributed by atoms with Crippen molar-refractivity contribution >= 4 is 6.47 Å². The number of rotatable bonds is 14. The van der Waals surface area contributed by atoms with Crippen molar-refractivity contribution in [3.05, 3.63) is 82.9 Å². The maximum absolute atomic E-state index is 15.0. The fourth-order valence-electron chi connectivity index (χ4n) is 6.35. The number of halogens is 2. The SMILES string of the molecule is CCCCCC1CCC(c2ccc(-c3ccc(-c4cc(F)c(CC(CO)COC=O)c(F)c4)cc3CC)cc2)CC1. The highest BCUT2D eigenvalue weighted by Gasteiger charge is 2.22. The summed E-state index contributed by atoms with van der Waals surface area (Å²) in [6.07, 6.45) is 11.4. The molecule has 0 aromatic heterocycles. The molecular weight excluding hydrogens is 518 g/mol. The van der Waals surface area contributed by atoms with E-state index in [4.69, 9.17) is 0 Å². The van der Waals surface area contributed by atoms with Crippen molar-refractivity contribution < 1.29 is 23.4 Å². The number of ether oxygens (including phenoxy) is 1. The lowest BCUT2D eigenvalue weighted by Crippen LogP contribution is -2.18. The Hall–Kier alpha value is -3.05. The molecule has 1 aliphatic carbocycles. The minimum atomic E-state index is -0.669. The predicted molar refractivity (Wildman–Crippen MR) is 162 cm³/mol. The molecule has 1 saturated carbocycles. The van der Waals surface area contributed by atoms with E-state index >= 15 is 0 Å². The van der Waals surface area contributed by atoms with Crippen LogP contribution in [0.5, 0.6) is 0 Å². The van der Waals surface area contributed by atoms with Gasteiger partial charge in [0.15, 0.2) is 0 Å². The minimum Gasteiger partial charge on any atom is -0.467 e. The molecule has 3 aromatic rings. The second kappa shape index (κ2) is 15.3. The van der Waals surface area contributed by atoms with E-state index in [2.05, 4.69) is 42.8 Å². The maximum Gasteiger partial charge on any atom is 0.293 e. The highest BCUT2D eigenvalue weighted by atomic mass is 19.1. The van der Waals surface area contributed by atoms with Crippen molar-refractivity contribution in [2.75, 3.05) is 13.2 Å². The van der Waals surface area contributed by atoms with Crippen LogP contribution in [0.2, 0.25) is 0 Å². The Kier molecular flexibility index (Phi) is 11.5. The van der Waals surface area contributed by atoms with Crippen LogP contribution in [0.1, 0.15) is 87.8 Å². The molecule has 1 atom stereocenters. The standard InChI is InChI=1S/C36H44F2O3/c1-3-5-6-7-25-8-10-28(11-9-25)29-12-14-30(15-13-29)33-17-16-31(19-27(33)4-2)32-20-35(37)34(36(38)21-32)18-26(22-39)23-41-24-40/h12-17,19-21,24-26,28,39H,3-11,18,22-23H2,1-2H3. The smallest absolute Gasteiger partial charge is 0.293 e. The first-order chi connectivity index (χ1) is 20.0. The maximum atomic E-state index is 15.0. The van der Waals surface area contributed by atoms with Crippen molar-refractivity contribution in [3.8, 4) is 22.3 Å². The molecule has 3 aromatic carbocycles. The summed E-state index contributed by atoms with van der Waals surface area (Å²) in [6, 6.07) is 17.7. The third kappa shape index (κ3) is 8.03. The highest BCUT2D eigenvalue weighted by Crippen LogP contribution is 2.39. The Labute approximate surface area is 244 Å². The molecule has 0 spiro atoms. The number of aryl methyl sites for hydroxylation is 1. The van der Waals surface area contributed by atoms with E-state index in [1.54, 1.807) is 0 Å². The molecule has 1 aliphatic rings. The fourth-order valence-corrected chi connectivity index (χ4v) is 6.35. The molecule has 5 heteroatoms. The van der Waals surface area contributed by atoms with Crippen LogP contribution in [0.25, 0.3) is 22.3 Å². The van der Waals surface area contributed by atoms with E-state index in [0.29, 0.717) is 11.5 Å². The molecule has 0 saturated heterocycles. The Morgan fingerprint density at radius 1 is 0.902 bits per heavy atom. The van der Waals surface area contributed by atoms with Gasteiger partial charge in [0.2, 0.25) is 0 Å². The van der Waals surface area contributed by atoms with Gasteiger partial charge in [0, 0.05) is 18.1 Å². The summed E-state index contributed by atoms with van der Waals surface area (Å²) in [4.78, 5) is 10.5. The van der Waals surface area contributed by atoms with Crippen molar-refractivity contribution in [2.45, 2.75) is 84.0 Å². The highest BCUT2D eigenvalue weighted by molar-refractivity contribution is 5.74. The summed E-state index contributed by atoms with van der Waals surface area (Å²) in [7, 11) is 0. The molecule has 4 rings (SSSR count). The first-order valence-corrected chi connectivity index (χ1v) is 15.3. The van der Waals surface area contributed by atoms with E-state index in [0.717, 1.165) is 34.6 Å². The summed E-state index contributed by atoms with van der Waals surface area (Å²) in [6.45, 7) is 4.20. The molecule has 1 fully saturated rings. The van der Waals surface area contributed by atoms with Crippen LogP contribution in [-0.2, 0) is 22.4 Å². The van der Waals surface area contributed by atoms with Crippen molar-refractivity contribution in [1.82, 2.24) is 0 Å². The van der Waals surface area contributed by atoms with Crippen molar-refractivity contribution in [2.24, 2.45) is 11.8 Å². The average molecular weight is 563 g/mol. The Morgan fingerprint density at radius 2 is 1.59 bits per heavy atom. The van der Waals surface area contributed by atoms with Crippen LogP contribution in [-0.4, -0.2) is 24.8 Å². The van der Waals surface area contributed by atoms with Gasteiger partial charge in [0.25, 0.3) is 6.47 Å². The quantitative estimate of drug-likeness (QED) is 0.157. The molecule has 41 heavy (non-hydrogen) atoms. The predicted octanol–water partition coefficient (Wildman–Crippen LogP) is 9.04. The van der Waals surface area contributed by atoms with Crippen LogP contribution in [0.4, 0.5) is 8.78 Å². The summed E-state index contributed by atoms with van der Waals surface area (Å²) in [5.41, 5.74) is 5.97. The van der Waals surface area contributed by atoms with Gasteiger partial charge in [0.1, 0.15) is 11.6 Å². The number of hydrogen-bond acceptors (Lipinski definition) is 3. The van der Waals surface area contributed by atoms with Gasteiger partial charge in [-0.1, -0.05) is 82.0 Å². The van der Waals surface area contributed by atoms with Crippen molar-refractivity contribution in [1.29, 1.82) is 0 Å². The number of benzene rings is 3. The Morgan fingerprint density at radius 3 is 2.20 bits per heavy atom. The van der Waals surface area contributed by atoms with Gasteiger partial charge in [-0.2, -0.15) is 0 Å². The number of aliphatic hydroxyl groups excluding tert-OH is 1. The number of hydrogen-bond donors (Lipinski definition) is 1. The fraction of sp³-hybridized carbons (Fsp3) is 0.472. The topological polar surface area (TPSA) is 46.5 Å². The Balaban J connectivity index is 1.46. The third-order valence-electron chi connectivity index (χ3n) is 8.87. The third-order valence-corrected chi connectivity index (χ3v) is 8.87. The van der Waals surface area contributed by atoms with E-state index in [-0.39, 0.29) is 31.7 Å². The first kappa shape index (κ1) is 30.9.